The molecule has 0 saturated heterocycles. The Morgan fingerprint density at radius 1 is 1.35 bits per heavy atom. The van der Waals surface area contributed by atoms with Crippen LogP contribution in [-0.4, -0.2) is 14.6 Å². The number of aromatic nitrogens is 3. The average Bonchev–Trinajstić information content (AvgIpc) is 2.77. The van der Waals surface area contributed by atoms with Gasteiger partial charge in [-0.25, -0.2) is 4.98 Å². The van der Waals surface area contributed by atoms with E-state index in [1.165, 1.54) is 10.6 Å². The second-order valence-corrected chi connectivity index (χ2v) is 4.36. The number of aromatic amines is 1. The minimum atomic E-state index is -0.245. The SMILES string of the molecule is Cc1cc(=O)n2[nH]c(Nc3ccccc3)c(C#N)c2n1. The molecule has 2 aromatic heterocycles. The molecule has 6 heteroatoms. The molecule has 0 bridgehead atoms. The van der Waals surface area contributed by atoms with Crippen LogP contribution in [0.3, 0.4) is 0 Å². The van der Waals surface area contributed by atoms with Crippen LogP contribution >= 0.6 is 0 Å². The summed E-state index contributed by atoms with van der Waals surface area (Å²) in [5.41, 5.74) is 1.80. The van der Waals surface area contributed by atoms with E-state index in [-0.39, 0.29) is 5.56 Å². The number of nitrogens with zero attached hydrogens (tertiary/aromatic N) is 3. The van der Waals surface area contributed by atoms with Crippen molar-refractivity contribution in [3.8, 4) is 6.07 Å². The van der Waals surface area contributed by atoms with Crippen LogP contribution < -0.4 is 10.9 Å². The zero-order chi connectivity index (χ0) is 14.1. The minimum Gasteiger partial charge on any atom is -0.339 e. The van der Waals surface area contributed by atoms with Crippen molar-refractivity contribution in [1.29, 1.82) is 5.26 Å². The van der Waals surface area contributed by atoms with Crippen molar-refractivity contribution in [2.24, 2.45) is 0 Å². The molecule has 0 spiro atoms. The van der Waals surface area contributed by atoms with Crippen molar-refractivity contribution in [3.63, 3.8) is 0 Å². The number of hydrogen-bond donors (Lipinski definition) is 2. The van der Waals surface area contributed by atoms with Gasteiger partial charge in [0.05, 0.1) is 0 Å². The van der Waals surface area contributed by atoms with Crippen molar-refractivity contribution in [2.45, 2.75) is 6.92 Å². The van der Waals surface area contributed by atoms with Crippen molar-refractivity contribution < 1.29 is 0 Å². The first-order valence-corrected chi connectivity index (χ1v) is 6.03. The van der Waals surface area contributed by atoms with Crippen LogP contribution in [0.5, 0.6) is 0 Å². The number of benzene rings is 1. The van der Waals surface area contributed by atoms with Crippen molar-refractivity contribution >= 4 is 17.2 Å². The van der Waals surface area contributed by atoms with Crippen LogP contribution in [0.2, 0.25) is 0 Å². The standard InChI is InChI=1S/C14H11N5O/c1-9-7-12(20)19-14(16-9)11(8-15)13(18-19)17-10-5-3-2-4-6-10/h2-7,17-18H,1H3. The second kappa shape index (κ2) is 4.55. The Bertz CT molecular complexity index is 870. The van der Waals surface area contributed by atoms with E-state index in [2.05, 4.69) is 21.5 Å². The molecule has 3 aromatic rings. The lowest BCUT2D eigenvalue weighted by atomic mass is 10.3. The van der Waals surface area contributed by atoms with Gasteiger partial charge in [0.25, 0.3) is 5.56 Å². The molecule has 0 unspecified atom stereocenters. The summed E-state index contributed by atoms with van der Waals surface area (Å²) in [6.45, 7) is 1.72. The molecule has 0 aliphatic carbocycles. The summed E-state index contributed by atoms with van der Waals surface area (Å²) in [5, 5.41) is 15.2. The molecule has 0 fully saturated rings. The molecule has 20 heavy (non-hydrogen) atoms. The molecule has 0 aliphatic heterocycles. The minimum absolute atomic E-state index is 0.245. The highest BCUT2D eigenvalue weighted by Crippen LogP contribution is 2.21. The summed E-state index contributed by atoms with van der Waals surface area (Å²) >= 11 is 0. The van der Waals surface area contributed by atoms with E-state index >= 15 is 0 Å². The lowest BCUT2D eigenvalue weighted by Crippen LogP contribution is -2.14. The molecule has 98 valence electrons. The van der Waals surface area contributed by atoms with Gasteiger partial charge in [0.2, 0.25) is 0 Å². The van der Waals surface area contributed by atoms with Crippen LogP contribution in [0.1, 0.15) is 11.3 Å². The van der Waals surface area contributed by atoms with Crippen molar-refractivity contribution in [2.75, 3.05) is 5.32 Å². The molecular weight excluding hydrogens is 254 g/mol. The number of nitrogens with one attached hydrogen (secondary N) is 2. The van der Waals surface area contributed by atoms with E-state index in [9.17, 15) is 10.1 Å². The lowest BCUT2D eigenvalue weighted by molar-refractivity contribution is 0.893. The molecule has 0 radical (unpaired) electrons. The van der Waals surface area contributed by atoms with Gasteiger partial charge in [0.15, 0.2) is 5.65 Å². The largest absolute Gasteiger partial charge is 0.339 e. The average molecular weight is 265 g/mol. The maximum absolute atomic E-state index is 11.9. The Morgan fingerprint density at radius 3 is 2.80 bits per heavy atom. The third-order valence-corrected chi connectivity index (χ3v) is 2.90. The number of anilines is 2. The maximum atomic E-state index is 11.9. The molecule has 0 atom stereocenters. The first-order chi connectivity index (χ1) is 9.69. The molecule has 0 amide bonds. The molecule has 1 aromatic carbocycles. The van der Waals surface area contributed by atoms with Gasteiger partial charge < -0.3 is 5.32 Å². The van der Waals surface area contributed by atoms with Crippen molar-refractivity contribution in [3.05, 3.63) is 58.0 Å². The number of hydrogen-bond acceptors (Lipinski definition) is 4. The molecule has 2 N–H and O–H groups in total. The summed E-state index contributed by atoms with van der Waals surface area (Å²) < 4.78 is 1.26. The summed E-state index contributed by atoms with van der Waals surface area (Å²) in [6.07, 6.45) is 0. The van der Waals surface area contributed by atoms with Gasteiger partial charge in [-0.1, -0.05) is 18.2 Å². The molecule has 2 heterocycles. The first-order valence-electron chi connectivity index (χ1n) is 6.03. The van der Waals surface area contributed by atoms with E-state index in [0.717, 1.165) is 5.69 Å². The molecule has 3 rings (SSSR count). The highest BCUT2D eigenvalue weighted by Gasteiger charge is 2.14. The van der Waals surface area contributed by atoms with Gasteiger partial charge >= 0.3 is 0 Å². The first kappa shape index (κ1) is 12.0. The fourth-order valence-electron chi connectivity index (χ4n) is 2.01. The molecule has 0 saturated carbocycles. The van der Waals surface area contributed by atoms with Gasteiger partial charge in [-0.15, -0.1) is 0 Å². The fraction of sp³-hybridized carbons (Fsp3) is 0.0714. The van der Waals surface area contributed by atoms with Crippen LogP contribution in [0.25, 0.3) is 5.65 Å². The third-order valence-electron chi connectivity index (χ3n) is 2.90. The van der Waals surface area contributed by atoms with E-state index < -0.39 is 0 Å². The summed E-state index contributed by atoms with van der Waals surface area (Å²) in [7, 11) is 0. The smallest absolute Gasteiger partial charge is 0.272 e. The molecular formula is C14H11N5O. The predicted molar refractivity (Wildman–Crippen MR) is 75.0 cm³/mol. The number of rotatable bonds is 2. The van der Waals surface area contributed by atoms with Crippen LogP contribution in [0, 0.1) is 18.3 Å². The maximum Gasteiger partial charge on any atom is 0.272 e. The fourth-order valence-corrected chi connectivity index (χ4v) is 2.01. The third kappa shape index (κ3) is 1.91. The Labute approximate surface area is 114 Å². The molecule has 0 aliphatic rings. The Hall–Kier alpha value is -3.07. The van der Waals surface area contributed by atoms with E-state index in [1.807, 2.05) is 30.3 Å². The van der Waals surface area contributed by atoms with Crippen molar-refractivity contribution in [1.82, 2.24) is 14.6 Å². The quantitative estimate of drug-likeness (QED) is 0.741. The van der Waals surface area contributed by atoms with Gasteiger partial charge in [0, 0.05) is 17.4 Å². The van der Waals surface area contributed by atoms with Crippen LogP contribution in [-0.2, 0) is 0 Å². The Kier molecular flexibility index (Phi) is 2.73. The summed E-state index contributed by atoms with van der Waals surface area (Å²) in [4.78, 5) is 16.1. The van der Waals surface area contributed by atoms with Gasteiger partial charge in [0.1, 0.15) is 17.5 Å². The number of fused-ring (bicyclic) bond motifs is 1. The highest BCUT2D eigenvalue weighted by atomic mass is 16.1. The van der Waals surface area contributed by atoms with Crippen LogP contribution in [0.4, 0.5) is 11.5 Å². The zero-order valence-electron chi connectivity index (χ0n) is 10.7. The van der Waals surface area contributed by atoms with Gasteiger partial charge in [-0.2, -0.15) is 9.78 Å². The normalized spacial score (nSPS) is 10.4. The van der Waals surface area contributed by atoms with E-state index in [0.29, 0.717) is 22.7 Å². The zero-order valence-corrected chi connectivity index (χ0v) is 10.7. The highest BCUT2D eigenvalue weighted by molar-refractivity contribution is 5.71. The number of aryl methyl sites for hydroxylation is 1. The van der Waals surface area contributed by atoms with E-state index in [1.54, 1.807) is 6.92 Å². The molecule has 6 nitrogen and oxygen atoms in total. The second-order valence-electron chi connectivity index (χ2n) is 4.36. The summed E-state index contributed by atoms with van der Waals surface area (Å²) in [5.74, 6) is 0.453. The number of H-pyrrole nitrogens is 1. The number of nitriles is 1. The van der Waals surface area contributed by atoms with Gasteiger partial charge in [-0.3, -0.25) is 9.89 Å². The number of para-hydroxylation sites is 1. The Balaban J connectivity index is 2.20. The monoisotopic (exact) mass is 265 g/mol. The predicted octanol–water partition coefficient (Wildman–Crippen LogP) is 1.95. The Morgan fingerprint density at radius 2 is 2.10 bits per heavy atom. The lowest BCUT2D eigenvalue weighted by Gasteiger charge is -2.02. The summed E-state index contributed by atoms with van der Waals surface area (Å²) in [6, 6.07) is 12.9. The van der Waals surface area contributed by atoms with Crippen LogP contribution in [0.15, 0.2) is 41.2 Å². The van der Waals surface area contributed by atoms with E-state index in [4.69, 9.17) is 0 Å². The topological polar surface area (TPSA) is 86.0 Å². The van der Waals surface area contributed by atoms with Gasteiger partial charge in [-0.05, 0) is 19.1 Å².